The Labute approximate surface area is 53.3 Å². The summed E-state index contributed by atoms with van der Waals surface area (Å²) in [7, 11) is 0. The van der Waals surface area contributed by atoms with Gasteiger partial charge in [-0.25, -0.2) is 0 Å². The smallest absolute Gasteiger partial charge is 0.0354 e. The monoisotopic (exact) mass is 112 g/mol. The van der Waals surface area contributed by atoms with Crippen LogP contribution in [0.5, 0.6) is 0 Å². The molecule has 0 aromatic rings. The molecule has 0 heterocycles. The van der Waals surface area contributed by atoms with Gasteiger partial charge in [0.1, 0.15) is 0 Å². The molecule has 0 atom stereocenters. The van der Waals surface area contributed by atoms with Crippen molar-refractivity contribution >= 4 is 0 Å². The first-order chi connectivity index (χ1) is 3.62. The summed E-state index contributed by atoms with van der Waals surface area (Å²) in [6.07, 6.45) is 3.24. The minimum atomic E-state index is 0.418. The molecule has 0 saturated carbocycles. The molecule has 48 valence electrons. The molecule has 0 N–H and O–H groups in total. The molecule has 0 aromatic heterocycles. The predicted molar refractivity (Wildman–Crippen MR) is 38.3 cm³/mol. The maximum Gasteiger partial charge on any atom is -0.0354 e. The van der Waals surface area contributed by atoms with Crippen LogP contribution in [0.15, 0.2) is 0 Å². The summed E-state index contributed by atoms with van der Waals surface area (Å²) in [4.78, 5) is 0. The Morgan fingerprint density at radius 2 is 1.75 bits per heavy atom. The highest BCUT2D eigenvalue weighted by atomic mass is 14.2. The van der Waals surface area contributed by atoms with Gasteiger partial charge in [-0.1, -0.05) is 34.1 Å². The molecule has 8 heavy (non-hydrogen) atoms. The highest BCUT2D eigenvalue weighted by molar-refractivity contribution is 4.69. The Morgan fingerprint density at radius 1 is 1.25 bits per heavy atom. The lowest BCUT2D eigenvalue weighted by atomic mass is 9.86. The first-order valence-electron chi connectivity index (χ1n) is 3.21. The van der Waals surface area contributed by atoms with Gasteiger partial charge in [0, 0.05) is 0 Å². The highest BCUT2D eigenvalue weighted by Gasteiger charge is 2.11. The summed E-state index contributed by atoms with van der Waals surface area (Å²) in [6, 6.07) is 0. The molecule has 0 heteroatoms. The quantitative estimate of drug-likeness (QED) is 0.526. The van der Waals surface area contributed by atoms with Gasteiger partial charge in [-0.2, -0.15) is 0 Å². The summed E-state index contributed by atoms with van der Waals surface area (Å²) in [5.41, 5.74) is 0.418. The fourth-order valence-electron chi connectivity index (χ4n) is 0.604. The highest BCUT2D eigenvalue weighted by Crippen LogP contribution is 2.24. The van der Waals surface area contributed by atoms with Crippen molar-refractivity contribution in [2.75, 3.05) is 0 Å². The Kier molecular flexibility index (Phi) is 3.11. The Balaban J connectivity index is 3.37. The SMILES string of the molecule is [CH2]CCC(C)(C)C[CH2]. The second kappa shape index (κ2) is 3.11. The van der Waals surface area contributed by atoms with Crippen LogP contribution >= 0.6 is 0 Å². The molecule has 0 aliphatic rings. The fraction of sp³-hybridized carbons (Fsp3) is 0.750. The van der Waals surface area contributed by atoms with Crippen molar-refractivity contribution in [2.24, 2.45) is 5.41 Å². The molecule has 0 aliphatic heterocycles. The number of hydrogen-bond donors (Lipinski definition) is 0. The third-order valence-corrected chi connectivity index (χ3v) is 1.53. The van der Waals surface area contributed by atoms with Gasteiger partial charge in [0.15, 0.2) is 0 Å². The van der Waals surface area contributed by atoms with Gasteiger partial charge in [-0.15, -0.1) is 0 Å². The molecule has 0 saturated heterocycles. The molecular formula is C8H16. The van der Waals surface area contributed by atoms with Crippen LogP contribution in [-0.2, 0) is 0 Å². The van der Waals surface area contributed by atoms with Crippen LogP contribution in [0.1, 0.15) is 33.1 Å². The summed E-state index contributed by atoms with van der Waals surface area (Å²) < 4.78 is 0. The molecule has 0 fully saturated rings. The Bertz CT molecular complexity index is 53.1. The fourth-order valence-corrected chi connectivity index (χ4v) is 0.604. The largest absolute Gasteiger partial charge is 0.0599 e. The molecule has 0 amide bonds. The number of rotatable bonds is 3. The van der Waals surface area contributed by atoms with E-state index in [4.69, 9.17) is 0 Å². The van der Waals surface area contributed by atoms with Crippen LogP contribution in [0.2, 0.25) is 0 Å². The summed E-state index contributed by atoms with van der Waals surface area (Å²) in [6.45, 7) is 12.1. The van der Waals surface area contributed by atoms with Gasteiger partial charge in [-0.05, 0) is 18.3 Å². The molecule has 0 nitrogen and oxygen atoms in total. The number of hydrogen-bond acceptors (Lipinski definition) is 0. The third-order valence-electron chi connectivity index (χ3n) is 1.53. The lowest BCUT2D eigenvalue weighted by Crippen LogP contribution is -2.07. The third kappa shape index (κ3) is 3.06. The standard InChI is InChI=1S/C8H16/c1-5-7-8(3,4)6-2/h1-2,5-7H2,3-4H3. The minimum absolute atomic E-state index is 0.418. The van der Waals surface area contributed by atoms with E-state index >= 15 is 0 Å². The van der Waals surface area contributed by atoms with Crippen LogP contribution in [0.3, 0.4) is 0 Å². The van der Waals surface area contributed by atoms with Crippen molar-refractivity contribution in [3.63, 3.8) is 0 Å². The van der Waals surface area contributed by atoms with Crippen LogP contribution < -0.4 is 0 Å². The zero-order valence-corrected chi connectivity index (χ0v) is 6.04. The zero-order chi connectivity index (χ0) is 6.62. The second-order valence-corrected chi connectivity index (χ2v) is 3.02. The van der Waals surface area contributed by atoms with Crippen molar-refractivity contribution in [1.29, 1.82) is 0 Å². The first kappa shape index (κ1) is 8.00. The van der Waals surface area contributed by atoms with Crippen LogP contribution in [0, 0.1) is 19.3 Å². The molecule has 0 rings (SSSR count). The van der Waals surface area contributed by atoms with Crippen LogP contribution in [0.4, 0.5) is 0 Å². The molecule has 2 radical (unpaired) electrons. The minimum Gasteiger partial charge on any atom is -0.0599 e. The molecule has 0 aromatic carbocycles. The van der Waals surface area contributed by atoms with Crippen molar-refractivity contribution in [3.8, 4) is 0 Å². The average molecular weight is 112 g/mol. The first-order valence-corrected chi connectivity index (χ1v) is 3.21. The molecule has 0 spiro atoms. The van der Waals surface area contributed by atoms with Gasteiger partial charge < -0.3 is 0 Å². The van der Waals surface area contributed by atoms with E-state index in [1.165, 1.54) is 6.42 Å². The zero-order valence-electron chi connectivity index (χ0n) is 6.04. The van der Waals surface area contributed by atoms with Crippen molar-refractivity contribution in [1.82, 2.24) is 0 Å². The molecule has 0 aliphatic carbocycles. The summed E-state index contributed by atoms with van der Waals surface area (Å²) in [5.74, 6) is 0. The van der Waals surface area contributed by atoms with E-state index in [9.17, 15) is 0 Å². The van der Waals surface area contributed by atoms with Crippen molar-refractivity contribution in [2.45, 2.75) is 33.1 Å². The lowest BCUT2D eigenvalue weighted by Gasteiger charge is -2.20. The van der Waals surface area contributed by atoms with Gasteiger partial charge in [0.25, 0.3) is 0 Å². The van der Waals surface area contributed by atoms with E-state index in [1.807, 2.05) is 0 Å². The topological polar surface area (TPSA) is 0 Å². The molecule has 0 unspecified atom stereocenters. The Hall–Kier alpha value is 0. The maximum atomic E-state index is 3.85. The maximum absolute atomic E-state index is 3.85. The van der Waals surface area contributed by atoms with E-state index in [0.29, 0.717) is 5.41 Å². The summed E-state index contributed by atoms with van der Waals surface area (Å²) in [5, 5.41) is 0. The van der Waals surface area contributed by atoms with Crippen molar-refractivity contribution < 1.29 is 0 Å². The van der Waals surface area contributed by atoms with E-state index in [2.05, 4.69) is 27.7 Å². The average Bonchev–Trinajstić information content (AvgIpc) is 1.67. The lowest BCUT2D eigenvalue weighted by molar-refractivity contribution is 0.341. The van der Waals surface area contributed by atoms with Crippen LogP contribution in [0.25, 0.3) is 0 Å². The van der Waals surface area contributed by atoms with E-state index in [0.717, 1.165) is 12.8 Å². The normalized spacial score (nSPS) is 12.0. The van der Waals surface area contributed by atoms with Crippen molar-refractivity contribution in [3.05, 3.63) is 13.8 Å². The predicted octanol–water partition coefficient (Wildman–Crippen LogP) is 2.85. The second-order valence-electron chi connectivity index (χ2n) is 3.02. The van der Waals surface area contributed by atoms with Gasteiger partial charge >= 0.3 is 0 Å². The van der Waals surface area contributed by atoms with Gasteiger partial charge in [0.2, 0.25) is 0 Å². The van der Waals surface area contributed by atoms with E-state index in [-0.39, 0.29) is 0 Å². The van der Waals surface area contributed by atoms with Gasteiger partial charge in [0.05, 0.1) is 0 Å². The summed E-state index contributed by atoms with van der Waals surface area (Å²) >= 11 is 0. The Morgan fingerprint density at radius 3 is 1.88 bits per heavy atom. The molecule has 0 bridgehead atoms. The molecular weight excluding hydrogens is 96.1 g/mol. The van der Waals surface area contributed by atoms with E-state index in [1.54, 1.807) is 0 Å². The van der Waals surface area contributed by atoms with Gasteiger partial charge in [-0.3, -0.25) is 0 Å². The van der Waals surface area contributed by atoms with E-state index < -0.39 is 0 Å². The van der Waals surface area contributed by atoms with Crippen LogP contribution in [-0.4, -0.2) is 0 Å².